The average Bonchev–Trinajstić information content (AvgIpc) is 2.44. The molecule has 0 radical (unpaired) electrons. The van der Waals surface area contributed by atoms with Crippen molar-refractivity contribution < 1.29 is 4.39 Å². The third-order valence-corrected chi connectivity index (χ3v) is 4.09. The van der Waals surface area contributed by atoms with E-state index >= 15 is 0 Å². The lowest BCUT2D eigenvalue weighted by atomic mass is 9.98. The maximum absolute atomic E-state index is 13.9. The van der Waals surface area contributed by atoms with Crippen LogP contribution in [0.2, 0.25) is 5.02 Å². The summed E-state index contributed by atoms with van der Waals surface area (Å²) in [6, 6.07) is 4.82. The van der Waals surface area contributed by atoms with Crippen molar-refractivity contribution in [2.75, 3.05) is 26.2 Å². The number of nitrogens with zero attached hydrogens (tertiary/aromatic N) is 1. The van der Waals surface area contributed by atoms with Crippen LogP contribution in [0.5, 0.6) is 0 Å². The fraction of sp³-hybridized carbons (Fsp3) is 0.625. The lowest BCUT2D eigenvalue weighted by Crippen LogP contribution is -2.38. The summed E-state index contributed by atoms with van der Waals surface area (Å²) in [5.74, 6) is 0.523. The Hall–Kier alpha value is -0.640. The Bertz CT molecular complexity index is 419. The molecule has 0 amide bonds. The molecule has 1 aliphatic rings. The SMILES string of the molecule is CCCN(Cc1cc(Cl)ccc1F)CC1CCCNC1. The number of hydrogen-bond donors (Lipinski definition) is 1. The van der Waals surface area contributed by atoms with Gasteiger partial charge in [-0.15, -0.1) is 0 Å². The van der Waals surface area contributed by atoms with Crippen LogP contribution in [0.3, 0.4) is 0 Å². The van der Waals surface area contributed by atoms with Crippen molar-refractivity contribution in [3.63, 3.8) is 0 Å². The van der Waals surface area contributed by atoms with Gasteiger partial charge in [0.1, 0.15) is 5.82 Å². The van der Waals surface area contributed by atoms with Crippen LogP contribution in [0.15, 0.2) is 18.2 Å². The summed E-state index contributed by atoms with van der Waals surface area (Å²) in [5, 5.41) is 4.05. The third kappa shape index (κ3) is 4.72. The molecule has 0 aromatic heterocycles. The predicted octanol–water partition coefficient (Wildman–Crippen LogP) is 3.69. The van der Waals surface area contributed by atoms with Crippen LogP contribution in [0.4, 0.5) is 4.39 Å². The van der Waals surface area contributed by atoms with E-state index in [0.29, 0.717) is 23.0 Å². The number of benzene rings is 1. The molecule has 4 heteroatoms. The molecule has 1 aromatic rings. The number of nitrogens with one attached hydrogen (secondary N) is 1. The Morgan fingerprint density at radius 2 is 2.30 bits per heavy atom. The van der Waals surface area contributed by atoms with Crippen LogP contribution < -0.4 is 5.32 Å². The largest absolute Gasteiger partial charge is 0.316 e. The lowest BCUT2D eigenvalue weighted by Gasteiger charge is -2.30. The minimum atomic E-state index is -0.155. The second-order valence-corrected chi connectivity index (χ2v) is 6.12. The van der Waals surface area contributed by atoms with Crippen LogP contribution in [0.1, 0.15) is 31.7 Å². The molecular formula is C16H24ClFN2. The van der Waals surface area contributed by atoms with Gasteiger partial charge in [-0.1, -0.05) is 18.5 Å². The second-order valence-electron chi connectivity index (χ2n) is 5.68. The molecule has 1 fully saturated rings. The maximum atomic E-state index is 13.9. The summed E-state index contributed by atoms with van der Waals surface area (Å²) >= 11 is 5.97. The Labute approximate surface area is 126 Å². The highest BCUT2D eigenvalue weighted by Crippen LogP contribution is 2.19. The number of rotatable bonds is 6. The van der Waals surface area contributed by atoms with Gasteiger partial charge in [-0.05, 0) is 63.0 Å². The molecule has 0 aliphatic carbocycles. The van der Waals surface area contributed by atoms with Crippen molar-refractivity contribution in [1.82, 2.24) is 10.2 Å². The first-order valence-electron chi connectivity index (χ1n) is 7.56. The van der Waals surface area contributed by atoms with Gasteiger partial charge < -0.3 is 5.32 Å². The van der Waals surface area contributed by atoms with E-state index in [1.807, 2.05) is 0 Å². The van der Waals surface area contributed by atoms with Gasteiger partial charge in [-0.3, -0.25) is 4.90 Å². The van der Waals surface area contributed by atoms with E-state index in [-0.39, 0.29) is 5.82 Å². The van der Waals surface area contributed by atoms with E-state index in [1.165, 1.54) is 18.9 Å². The van der Waals surface area contributed by atoms with Crippen LogP contribution in [-0.2, 0) is 6.54 Å². The summed E-state index contributed by atoms with van der Waals surface area (Å²) in [6.07, 6.45) is 3.60. The molecule has 0 bridgehead atoms. The maximum Gasteiger partial charge on any atom is 0.127 e. The topological polar surface area (TPSA) is 15.3 Å². The van der Waals surface area contributed by atoms with E-state index < -0.39 is 0 Å². The Morgan fingerprint density at radius 3 is 3.00 bits per heavy atom. The zero-order chi connectivity index (χ0) is 14.4. The van der Waals surface area contributed by atoms with Gasteiger partial charge in [-0.25, -0.2) is 4.39 Å². The predicted molar refractivity (Wildman–Crippen MR) is 82.6 cm³/mol. The summed E-state index contributed by atoms with van der Waals surface area (Å²) in [6.45, 7) is 7.07. The minimum absolute atomic E-state index is 0.155. The van der Waals surface area contributed by atoms with Gasteiger partial charge in [0.05, 0.1) is 0 Å². The van der Waals surface area contributed by atoms with Crippen LogP contribution >= 0.6 is 11.6 Å². The molecule has 1 saturated heterocycles. The van der Waals surface area contributed by atoms with E-state index in [9.17, 15) is 4.39 Å². The van der Waals surface area contributed by atoms with E-state index in [4.69, 9.17) is 11.6 Å². The fourth-order valence-corrected chi connectivity index (χ4v) is 3.10. The minimum Gasteiger partial charge on any atom is -0.316 e. The van der Waals surface area contributed by atoms with Gasteiger partial charge in [0.2, 0.25) is 0 Å². The first-order valence-corrected chi connectivity index (χ1v) is 7.94. The smallest absolute Gasteiger partial charge is 0.127 e. The van der Waals surface area contributed by atoms with Crippen LogP contribution in [-0.4, -0.2) is 31.1 Å². The first kappa shape index (κ1) is 15.7. The standard InChI is InChI=1S/C16H24ClFN2/c1-2-8-20(11-13-4-3-7-19-10-13)12-14-9-15(17)5-6-16(14)18/h5-6,9,13,19H,2-4,7-8,10-12H2,1H3. The molecule has 112 valence electrons. The summed E-state index contributed by atoms with van der Waals surface area (Å²) in [5.41, 5.74) is 0.703. The summed E-state index contributed by atoms with van der Waals surface area (Å²) < 4.78 is 13.9. The summed E-state index contributed by atoms with van der Waals surface area (Å²) in [7, 11) is 0. The highest BCUT2D eigenvalue weighted by atomic mass is 35.5. The molecule has 0 spiro atoms. The first-order chi connectivity index (χ1) is 9.69. The van der Waals surface area contributed by atoms with Crippen molar-refractivity contribution >= 4 is 11.6 Å². The zero-order valence-corrected chi connectivity index (χ0v) is 12.9. The molecule has 2 nitrogen and oxygen atoms in total. The molecule has 0 saturated carbocycles. The average molecular weight is 299 g/mol. The number of hydrogen-bond acceptors (Lipinski definition) is 2. The van der Waals surface area contributed by atoms with Crippen LogP contribution in [0, 0.1) is 11.7 Å². The Morgan fingerprint density at radius 1 is 1.45 bits per heavy atom. The van der Waals surface area contributed by atoms with Gasteiger partial charge in [0.15, 0.2) is 0 Å². The molecule has 1 atom stereocenters. The zero-order valence-electron chi connectivity index (χ0n) is 12.2. The molecule has 1 aliphatic heterocycles. The molecule has 1 heterocycles. The lowest BCUT2D eigenvalue weighted by molar-refractivity contribution is 0.199. The summed E-state index contributed by atoms with van der Waals surface area (Å²) in [4.78, 5) is 2.35. The molecule has 1 N–H and O–H groups in total. The van der Waals surface area contributed by atoms with Crippen molar-refractivity contribution in [3.05, 3.63) is 34.6 Å². The normalized spacial score (nSPS) is 19.5. The highest BCUT2D eigenvalue weighted by Gasteiger charge is 2.17. The second kappa shape index (κ2) is 7.96. The molecular weight excluding hydrogens is 275 g/mol. The Balaban J connectivity index is 1.98. The van der Waals surface area contributed by atoms with E-state index in [0.717, 1.165) is 32.6 Å². The van der Waals surface area contributed by atoms with Gasteiger partial charge in [0.25, 0.3) is 0 Å². The van der Waals surface area contributed by atoms with Gasteiger partial charge in [0, 0.05) is 23.7 Å². The monoisotopic (exact) mass is 298 g/mol. The van der Waals surface area contributed by atoms with Crippen molar-refractivity contribution in [2.45, 2.75) is 32.7 Å². The van der Waals surface area contributed by atoms with Crippen molar-refractivity contribution in [3.8, 4) is 0 Å². The Kier molecular flexibility index (Phi) is 6.27. The van der Waals surface area contributed by atoms with Gasteiger partial charge >= 0.3 is 0 Å². The van der Waals surface area contributed by atoms with Crippen LogP contribution in [0.25, 0.3) is 0 Å². The fourth-order valence-electron chi connectivity index (χ4n) is 2.90. The third-order valence-electron chi connectivity index (χ3n) is 3.86. The molecule has 20 heavy (non-hydrogen) atoms. The van der Waals surface area contributed by atoms with E-state index in [1.54, 1.807) is 12.1 Å². The van der Waals surface area contributed by atoms with Gasteiger partial charge in [-0.2, -0.15) is 0 Å². The molecule has 1 aromatic carbocycles. The highest BCUT2D eigenvalue weighted by molar-refractivity contribution is 6.30. The van der Waals surface area contributed by atoms with Crippen molar-refractivity contribution in [1.29, 1.82) is 0 Å². The number of halogens is 2. The quantitative estimate of drug-likeness (QED) is 0.861. The number of piperidine rings is 1. The van der Waals surface area contributed by atoms with E-state index in [2.05, 4.69) is 17.1 Å². The molecule has 2 rings (SSSR count). The van der Waals surface area contributed by atoms with Crippen molar-refractivity contribution in [2.24, 2.45) is 5.92 Å². The molecule has 1 unspecified atom stereocenters.